The highest BCUT2D eigenvalue weighted by Crippen LogP contribution is 2.17. The summed E-state index contributed by atoms with van der Waals surface area (Å²) in [7, 11) is 0. The normalized spacial score (nSPS) is 10.7. The minimum Gasteiger partial charge on any atom is -0.384 e. The van der Waals surface area contributed by atoms with Crippen molar-refractivity contribution in [2.75, 3.05) is 5.73 Å². The summed E-state index contributed by atoms with van der Waals surface area (Å²) < 4.78 is 1.77. The SMILES string of the molecule is CCCCc1cc(N)n(-c2cnccc2C)n1. The first kappa shape index (κ1) is 11.6. The second-order valence-corrected chi connectivity index (χ2v) is 4.24. The number of hydrogen-bond donors (Lipinski definition) is 1. The first-order valence-corrected chi connectivity index (χ1v) is 5.97. The van der Waals surface area contributed by atoms with E-state index >= 15 is 0 Å². The van der Waals surface area contributed by atoms with E-state index in [2.05, 4.69) is 17.0 Å². The Morgan fingerprint density at radius 1 is 1.41 bits per heavy atom. The molecular formula is C13H18N4. The minimum atomic E-state index is 0.673. The van der Waals surface area contributed by atoms with E-state index in [1.54, 1.807) is 17.1 Å². The predicted octanol–water partition coefficient (Wildman–Crippen LogP) is 2.50. The standard InChI is InChI=1S/C13H18N4/c1-3-4-5-11-8-13(14)17(16-11)12-9-15-7-6-10(12)2/h6-9H,3-5,14H2,1-2H3. The first-order valence-electron chi connectivity index (χ1n) is 5.97. The van der Waals surface area contributed by atoms with Gasteiger partial charge in [0.2, 0.25) is 0 Å². The second-order valence-electron chi connectivity index (χ2n) is 4.24. The van der Waals surface area contributed by atoms with Gasteiger partial charge in [-0.25, -0.2) is 4.68 Å². The number of rotatable bonds is 4. The lowest BCUT2D eigenvalue weighted by molar-refractivity contribution is 0.751. The third-order valence-electron chi connectivity index (χ3n) is 2.81. The molecular weight excluding hydrogens is 212 g/mol. The predicted molar refractivity (Wildman–Crippen MR) is 69.1 cm³/mol. The fourth-order valence-corrected chi connectivity index (χ4v) is 1.80. The van der Waals surface area contributed by atoms with Crippen LogP contribution < -0.4 is 5.73 Å². The number of nitrogens with two attached hydrogens (primary N) is 1. The molecule has 0 aliphatic heterocycles. The van der Waals surface area contributed by atoms with Crippen LogP contribution in [0.4, 0.5) is 5.82 Å². The molecule has 2 rings (SSSR count). The molecule has 0 amide bonds. The molecule has 2 aromatic rings. The fraction of sp³-hybridized carbons (Fsp3) is 0.385. The van der Waals surface area contributed by atoms with Crippen molar-refractivity contribution in [3.8, 4) is 5.69 Å². The molecule has 0 spiro atoms. The third kappa shape index (κ3) is 2.46. The Kier molecular flexibility index (Phi) is 3.42. The Morgan fingerprint density at radius 3 is 2.94 bits per heavy atom. The van der Waals surface area contributed by atoms with Crippen molar-refractivity contribution in [3.05, 3.63) is 35.8 Å². The zero-order valence-corrected chi connectivity index (χ0v) is 10.3. The van der Waals surface area contributed by atoms with E-state index in [4.69, 9.17) is 5.73 Å². The number of unbranched alkanes of at least 4 members (excludes halogenated alkanes) is 1. The highest BCUT2D eigenvalue weighted by molar-refractivity contribution is 5.45. The lowest BCUT2D eigenvalue weighted by Crippen LogP contribution is -2.04. The van der Waals surface area contributed by atoms with Crippen molar-refractivity contribution in [1.29, 1.82) is 0 Å². The minimum absolute atomic E-state index is 0.673. The van der Waals surface area contributed by atoms with Gasteiger partial charge in [-0.3, -0.25) is 4.98 Å². The molecule has 0 atom stereocenters. The van der Waals surface area contributed by atoms with E-state index < -0.39 is 0 Å². The van der Waals surface area contributed by atoms with Gasteiger partial charge in [0.25, 0.3) is 0 Å². The number of aryl methyl sites for hydroxylation is 2. The van der Waals surface area contributed by atoms with Gasteiger partial charge >= 0.3 is 0 Å². The van der Waals surface area contributed by atoms with Gasteiger partial charge in [-0.15, -0.1) is 0 Å². The average Bonchev–Trinajstić information content (AvgIpc) is 2.68. The Labute approximate surface area is 101 Å². The van der Waals surface area contributed by atoms with Crippen molar-refractivity contribution in [2.24, 2.45) is 0 Å². The largest absolute Gasteiger partial charge is 0.384 e. The number of aromatic nitrogens is 3. The summed E-state index contributed by atoms with van der Waals surface area (Å²) in [5.74, 6) is 0.673. The van der Waals surface area contributed by atoms with Gasteiger partial charge in [0.05, 0.1) is 17.6 Å². The lowest BCUT2D eigenvalue weighted by atomic mass is 10.2. The van der Waals surface area contributed by atoms with Gasteiger partial charge in [0.1, 0.15) is 5.82 Å². The topological polar surface area (TPSA) is 56.7 Å². The van der Waals surface area contributed by atoms with Gasteiger partial charge in [-0.05, 0) is 31.4 Å². The van der Waals surface area contributed by atoms with E-state index in [9.17, 15) is 0 Å². The molecule has 17 heavy (non-hydrogen) atoms. The fourth-order valence-electron chi connectivity index (χ4n) is 1.80. The summed E-state index contributed by atoms with van der Waals surface area (Å²) in [5, 5.41) is 4.53. The molecule has 0 aliphatic carbocycles. The maximum absolute atomic E-state index is 5.99. The second kappa shape index (κ2) is 4.99. The smallest absolute Gasteiger partial charge is 0.127 e. The van der Waals surface area contributed by atoms with Crippen molar-refractivity contribution in [1.82, 2.24) is 14.8 Å². The van der Waals surface area contributed by atoms with Crippen LogP contribution in [0.3, 0.4) is 0 Å². The number of nitrogen functional groups attached to an aromatic ring is 1. The van der Waals surface area contributed by atoms with Crippen LogP contribution in [0.15, 0.2) is 24.5 Å². The molecule has 0 radical (unpaired) electrons. The number of anilines is 1. The molecule has 90 valence electrons. The zero-order valence-electron chi connectivity index (χ0n) is 10.3. The molecule has 0 bridgehead atoms. The molecule has 2 heterocycles. The van der Waals surface area contributed by atoms with E-state index in [1.165, 1.54) is 6.42 Å². The molecule has 0 saturated heterocycles. The Hall–Kier alpha value is -1.84. The Balaban J connectivity index is 2.33. The molecule has 0 fully saturated rings. The van der Waals surface area contributed by atoms with E-state index in [1.807, 2.05) is 19.1 Å². The van der Waals surface area contributed by atoms with Crippen LogP contribution in [-0.2, 0) is 6.42 Å². The monoisotopic (exact) mass is 230 g/mol. The van der Waals surface area contributed by atoms with Crippen LogP contribution in [0.2, 0.25) is 0 Å². The molecule has 2 aromatic heterocycles. The van der Waals surface area contributed by atoms with Crippen LogP contribution in [0, 0.1) is 6.92 Å². The number of hydrogen-bond acceptors (Lipinski definition) is 3. The van der Waals surface area contributed by atoms with Crippen molar-refractivity contribution in [2.45, 2.75) is 33.1 Å². The maximum Gasteiger partial charge on any atom is 0.127 e. The highest BCUT2D eigenvalue weighted by Gasteiger charge is 2.08. The van der Waals surface area contributed by atoms with Crippen LogP contribution in [0.25, 0.3) is 5.69 Å². The van der Waals surface area contributed by atoms with Crippen LogP contribution in [0.5, 0.6) is 0 Å². The first-order chi connectivity index (χ1) is 8.22. The molecule has 0 saturated carbocycles. The van der Waals surface area contributed by atoms with Crippen LogP contribution >= 0.6 is 0 Å². The van der Waals surface area contributed by atoms with E-state index in [0.717, 1.165) is 29.8 Å². The van der Waals surface area contributed by atoms with Crippen LogP contribution in [0.1, 0.15) is 31.0 Å². The molecule has 0 unspecified atom stereocenters. The molecule has 0 aromatic carbocycles. The Morgan fingerprint density at radius 2 is 2.24 bits per heavy atom. The van der Waals surface area contributed by atoms with Crippen LogP contribution in [-0.4, -0.2) is 14.8 Å². The highest BCUT2D eigenvalue weighted by atomic mass is 15.3. The van der Waals surface area contributed by atoms with Gasteiger partial charge in [-0.2, -0.15) is 5.10 Å². The van der Waals surface area contributed by atoms with Gasteiger partial charge < -0.3 is 5.73 Å². The van der Waals surface area contributed by atoms with E-state index in [0.29, 0.717) is 5.82 Å². The van der Waals surface area contributed by atoms with Gasteiger partial charge in [0, 0.05) is 12.3 Å². The summed E-state index contributed by atoms with van der Waals surface area (Å²) >= 11 is 0. The Bertz CT molecular complexity index is 502. The third-order valence-corrected chi connectivity index (χ3v) is 2.81. The summed E-state index contributed by atoms with van der Waals surface area (Å²) in [5.41, 5.74) is 9.11. The molecule has 2 N–H and O–H groups in total. The van der Waals surface area contributed by atoms with Crippen molar-refractivity contribution >= 4 is 5.82 Å². The maximum atomic E-state index is 5.99. The summed E-state index contributed by atoms with van der Waals surface area (Å²) in [6, 6.07) is 3.91. The summed E-state index contributed by atoms with van der Waals surface area (Å²) in [4.78, 5) is 4.12. The average molecular weight is 230 g/mol. The quantitative estimate of drug-likeness (QED) is 0.878. The molecule has 4 nitrogen and oxygen atoms in total. The zero-order chi connectivity index (χ0) is 12.3. The number of nitrogens with zero attached hydrogens (tertiary/aromatic N) is 3. The summed E-state index contributed by atoms with van der Waals surface area (Å²) in [6.07, 6.45) is 6.85. The van der Waals surface area contributed by atoms with E-state index in [-0.39, 0.29) is 0 Å². The van der Waals surface area contributed by atoms with Gasteiger partial charge in [-0.1, -0.05) is 13.3 Å². The van der Waals surface area contributed by atoms with Gasteiger partial charge in [0.15, 0.2) is 0 Å². The lowest BCUT2D eigenvalue weighted by Gasteiger charge is -2.06. The van der Waals surface area contributed by atoms with Crippen molar-refractivity contribution < 1.29 is 0 Å². The molecule has 4 heteroatoms. The summed E-state index contributed by atoms with van der Waals surface area (Å²) in [6.45, 7) is 4.20. The van der Waals surface area contributed by atoms with Crippen molar-refractivity contribution in [3.63, 3.8) is 0 Å². The molecule has 0 aliphatic rings. The number of pyridine rings is 1.